The first-order valence-electron chi connectivity index (χ1n) is 10.6. The van der Waals surface area contributed by atoms with Gasteiger partial charge in [-0.3, -0.25) is 9.59 Å². The van der Waals surface area contributed by atoms with Crippen molar-refractivity contribution in [1.82, 2.24) is 5.43 Å². The van der Waals surface area contributed by atoms with Gasteiger partial charge in [0.2, 0.25) is 0 Å². The van der Waals surface area contributed by atoms with Crippen molar-refractivity contribution in [2.45, 2.75) is 39.5 Å². The third-order valence-electron chi connectivity index (χ3n) is 5.56. The Bertz CT molecular complexity index is 1200. The second-order valence-electron chi connectivity index (χ2n) is 7.69. The van der Waals surface area contributed by atoms with Crippen LogP contribution in [-0.2, 0) is 12.8 Å². The van der Waals surface area contributed by atoms with Gasteiger partial charge in [-0.2, -0.15) is 5.10 Å². The number of rotatable bonds is 5. The first-order valence-corrected chi connectivity index (χ1v) is 11.0. The highest BCUT2D eigenvalue weighted by Crippen LogP contribution is 2.30. The molecular weight excluding hydrogens is 426 g/mol. The number of hydrazone groups is 1. The lowest BCUT2D eigenvalue weighted by molar-refractivity contribution is 0.0953. The molecule has 1 aromatic heterocycles. The topological polar surface area (TPSA) is 83.7 Å². The first-order chi connectivity index (χ1) is 15.5. The molecule has 32 heavy (non-hydrogen) atoms. The smallest absolute Gasteiger partial charge is 0.291 e. The van der Waals surface area contributed by atoms with Gasteiger partial charge in [-0.15, -0.1) is 0 Å². The van der Waals surface area contributed by atoms with Crippen molar-refractivity contribution in [3.63, 3.8) is 0 Å². The number of nitrogens with zero attached hydrogens (tertiary/aromatic N) is 1. The van der Waals surface area contributed by atoms with Crippen LogP contribution in [0.3, 0.4) is 0 Å². The SMILES string of the molecule is CCc1ccc(NC(=O)c2oc3c(c2C)/C(=N/NC(=O)c2ccccc2Cl)CCC3)cc1. The van der Waals surface area contributed by atoms with Gasteiger partial charge < -0.3 is 9.73 Å². The quantitative estimate of drug-likeness (QED) is 0.502. The summed E-state index contributed by atoms with van der Waals surface area (Å²) < 4.78 is 5.93. The molecule has 164 valence electrons. The minimum Gasteiger partial charge on any atom is -0.455 e. The van der Waals surface area contributed by atoms with Crippen molar-refractivity contribution < 1.29 is 14.0 Å². The summed E-state index contributed by atoms with van der Waals surface area (Å²) in [7, 11) is 0. The van der Waals surface area contributed by atoms with Crippen molar-refractivity contribution in [1.29, 1.82) is 0 Å². The van der Waals surface area contributed by atoms with Crippen LogP contribution >= 0.6 is 11.6 Å². The molecule has 0 atom stereocenters. The number of hydrogen-bond donors (Lipinski definition) is 2. The maximum absolute atomic E-state index is 12.9. The van der Waals surface area contributed by atoms with Crippen molar-refractivity contribution in [3.05, 3.63) is 87.3 Å². The molecule has 0 radical (unpaired) electrons. The zero-order valence-electron chi connectivity index (χ0n) is 18.0. The van der Waals surface area contributed by atoms with E-state index >= 15 is 0 Å². The fourth-order valence-corrected chi connectivity index (χ4v) is 4.05. The molecule has 1 heterocycles. The lowest BCUT2D eigenvalue weighted by Gasteiger charge is -2.13. The molecule has 1 aliphatic rings. The van der Waals surface area contributed by atoms with Crippen LogP contribution in [0, 0.1) is 6.92 Å². The highest BCUT2D eigenvalue weighted by Gasteiger charge is 2.28. The minimum atomic E-state index is -0.384. The number of hydrogen-bond acceptors (Lipinski definition) is 4. The minimum absolute atomic E-state index is 0.265. The molecule has 2 amide bonds. The Morgan fingerprint density at radius 3 is 2.53 bits per heavy atom. The normalized spacial score (nSPS) is 14.2. The van der Waals surface area contributed by atoms with Gasteiger partial charge in [0.25, 0.3) is 11.8 Å². The molecule has 3 aromatic rings. The summed E-state index contributed by atoms with van der Waals surface area (Å²) in [4.78, 5) is 25.4. The van der Waals surface area contributed by atoms with E-state index in [1.54, 1.807) is 24.3 Å². The summed E-state index contributed by atoms with van der Waals surface area (Å²) >= 11 is 6.10. The lowest BCUT2D eigenvalue weighted by Crippen LogP contribution is -2.22. The molecule has 6 nitrogen and oxygen atoms in total. The molecule has 2 N–H and O–H groups in total. The zero-order chi connectivity index (χ0) is 22.7. The van der Waals surface area contributed by atoms with Crippen LogP contribution in [0.25, 0.3) is 0 Å². The van der Waals surface area contributed by atoms with E-state index in [4.69, 9.17) is 16.0 Å². The molecule has 0 saturated carbocycles. The number of halogens is 1. The van der Waals surface area contributed by atoms with E-state index in [1.807, 2.05) is 31.2 Å². The maximum atomic E-state index is 12.9. The fourth-order valence-electron chi connectivity index (χ4n) is 3.83. The van der Waals surface area contributed by atoms with Crippen LogP contribution in [0.1, 0.15) is 63.1 Å². The number of carbonyl (C=O) groups is 2. The van der Waals surface area contributed by atoms with Crippen LogP contribution < -0.4 is 10.7 Å². The van der Waals surface area contributed by atoms with Crippen molar-refractivity contribution in [3.8, 4) is 0 Å². The van der Waals surface area contributed by atoms with Gasteiger partial charge in [0.05, 0.1) is 16.3 Å². The molecule has 0 spiro atoms. The van der Waals surface area contributed by atoms with Gasteiger partial charge in [-0.05, 0) is 56.0 Å². The summed E-state index contributed by atoms with van der Waals surface area (Å²) in [6, 6.07) is 14.5. The average molecular weight is 450 g/mol. The highest BCUT2D eigenvalue weighted by atomic mass is 35.5. The predicted octanol–water partition coefficient (Wildman–Crippen LogP) is 5.53. The van der Waals surface area contributed by atoms with E-state index in [0.717, 1.165) is 18.4 Å². The third kappa shape index (κ3) is 4.46. The lowest BCUT2D eigenvalue weighted by atomic mass is 9.93. The number of benzene rings is 2. The van der Waals surface area contributed by atoms with Crippen molar-refractivity contribution in [2.75, 3.05) is 5.32 Å². The zero-order valence-corrected chi connectivity index (χ0v) is 18.8. The second-order valence-corrected chi connectivity index (χ2v) is 8.10. The monoisotopic (exact) mass is 449 g/mol. The second kappa shape index (κ2) is 9.40. The third-order valence-corrected chi connectivity index (χ3v) is 5.89. The molecule has 4 rings (SSSR count). The molecule has 0 bridgehead atoms. The van der Waals surface area contributed by atoms with E-state index in [-0.39, 0.29) is 17.6 Å². The number of furan rings is 1. The van der Waals surface area contributed by atoms with E-state index in [2.05, 4.69) is 22.8 Å². The van der Waals surface area contributed by atoms with Crippen molar-refractivity contribution in [2.24, 2.45) is 5.10 Å². The number of anilines is 1. The van der Waals surface area contributed by atoms with Gasteiger partial charge >= 0.3 is 0 Å². The number of fused-ring (bicyclic) bond motifs is 1. The van der Waals surface area contributed by atoms with Crippen molar-refractivity contribution >= 4 is 34.8 Å². The van der Waals surface area contributed by atoms with Crippen LogP contribution in [0.2, 0.25) is 5.02 Å². The summed E-state index contributed by atoms with van der Waals surface area (Å²) in [5.74, 6) is 0.290. The highest BCUT2D eigenvalue weighted by molar-refractivity contribution is 6.33. The Hall–Kier alpha value is -3.38. The summed E-state index contributed by atoms with van der Waals surface area (Å²) in [6.07, 6.45) is 3.15. The van der Waals surface area contributed by atoms with E-state index in [1.165, 1.54) is 5.56 Å². The Morgan fingerprint density at radius 1 is 1.06 bits per heavy atom. The summed E-state index contributed by atoms with van der Waals surface area (Å²) in [5, 5.41) is 7.60. The van der Waals surface area contributed by atoms with Gasteiger partial charge in [0.1, 0.15) is 5.76 Å². The van der Waals surface area contributed by atoms with E-state index < -0.39 is 0 Å². The summed E-state index contributed by atoms with van der Waals surface area (Å²) in [6.45, 7) is 3.93. The molecule has 7 heteroatoms. The maximum Gasteiger partial charge on any atom is 0.291 e. The van der Waals surface area contributed by atoms with Gasteiger partial charge in [-0.1, -0.05) is 42.8 Å². The molecule has 0 fully saturated rings. The van der Waals surface area contributed by atoms with Crippen LogP contribution in [0.4, 0.5) is 5.69 Å². The number of aryl methyl sites for hydroxylation is 2. The summed E-state index contributed by atoms with van der Waals surface area (Å²) in [5.41, 5.74) is 7.06. The Kier molecular flexibility index (Phi) is 6.42. The first kappa shape index (κ1) is 21.8. The predicted molar refractivity (Wildman–Crippen MR) is 126 cm³/mol. The molecule has 1 aliphatic carbocycles. The molecule has 0 unspecified atom stereocenters. The van der Waals surface area contributed by atoms with Crippen LogP contribution in [0.15, 0.2) is 58.0 Å². The molecular formula is C25H24ClN3O3. The number of amides is 2. The van der Waals surface area contributed by atoms with E-state index in [9.17, 15) is 9.59 Å². The van der Waals surface area contributed by atoms with E-state index in [0.29, 0.717) is 46.2 Å². The number of carbonyl (C=O) groups excluding carboxylic acids is 2. The largest absolute Gasteiger partial charge is 0.455 e. The average Bonchev–Trinajstić information content (AvgIpc) is 3.15. The van der Waals surface area contributed by atoms with Gasteiger partial charge in [0, 0.05) is 23.2 Å². The Balaban J connectivity index is 1.55. The van der Waals surface area contributed by atoms with Gasteiger partial charge in [-0.25, -0.2) is 5.43 Å². The standard InChI is InChI=1S/C25H24ClN3O3/c1-3-16-11-13-17(14-12-16)27-25(31)23-15(2)22-20(9-6-10-21(22)32-23)28-29-24(30)18-7-4-5-8-19(18)26/h4-5,7-8,11-14H,3,6,9-10H2,1-2H3,(H,27,31)(H,29,30)/b28-20+. The van der Waals surface area contributed by atoms with Crippen LogP contribution in [0.5, 0.6) is 0 Å². The van der Waals surface area contributed by atoms with Gasteiger partial charge in [0.15, 0.2) is 5.76 Å². The fraction of sp³-hybridized carbons (Fsp3) is 0.240. The molecule has 2 aromatic carbocycles. The Labute approximate surface area is 191 Å². The van der Waals surface area contributed by atoms with Crippen LogP contribution in [-0.4, -0.2) is 17.5 Å². The number of nitrogens with one attached hydrogen (secondary N) is 2. The molecule has 0 aliphatic heterocycles. The molecule has 0 saturated heterocycles. The Morgan fingerprint density at radius 2 is 1.81 bits per heavy atom.